The summed E-state index contributed by atoms with van der Waals surface area (Å²) in [6.45, 7) is 1.87. The summed E-state index contributed by atoms with van der Waals surface area (Å²) in [4.78, 5) is 11.9. The van der Waals surface area contributed by atoms with Gasteiger partial charge in [-0.3, -0.25) is 9.48 Å². The van der Waals surface area contributed by atoms with Crippen LogP contribution in [-0.2, 0) is 11.8 Å². The van der Waals surface area contributed by atoms with Crippen molar-refractivity contribution in [2.24, 2.45) is 7.05 Å². The van der Waals surface area contributed by atoms with E-state index in [1.807, 2.05) is 6.92 Å². The average Bonchev–Trinajstić information content (AvgIpc) is 2.67. The molecule has 0 aliphatic carbocycles. The van der Waals surface area contributed by atoms with E-state index < -0.39 is 0 Å². The maximum Gasteiger partial charge on any atom is 0.226 e. The first kappa shape index (κ1) is 13.3. The van der Waals surface area contributed by atoms with E-state index in [4.69, 9.17) is 0 Å². The number of anilines is 1. The molecule has 2 heterocycles. The zero-order valence-corrected chi connectivity index (χ0v) is 12.7. The van der Waals surface area contributed by atoms with E-state index >= 15 is 0 Å². The number of halogens is 2. The van der Waals surface area contributed by atoms with Crippen LogP contribution in [-0.4, -0.2) is 15.7 Å². The Labute approximate surface area is 124 Å². The highest BCUT2D eigenvalue weighted by molar-refractivity contribution is 9.10. The van der Waals surface area contributed by atoms with Gasteiger partial charge in [0.2, 0.25) is 5.91 Å². The lowest BCUT2D eigenvalue weighted by molar-refractivity contribution is -0.116. The number of hydrogen-bond donors (Lipinski definition) is 1. The molecule has 0 bridgehead atoms. The number of aryl methyl sites for hydroxylation is 2. The molecule has 0 saturated heterocycles. The van der Waals surface area contributed by atoms with Crippen molar-refractivity contribution in [3.05, 3.63) is 45.3 Å². The molecule has 0 radical (unpaired) electrons. The third kappa shape index (κ3) is 2.04. The van der Waals surface area contributed by atoms with Crippen LogP contribution in [0, 0.1) is 12.7 Å². The van der Waals surface area contributed by atoms with E-state index in [0.29, 0.717) is 11.4 Å². The van der Waals surface area contributed by atoms with Crippen LogP contribution >= 0.6 is 15.9 Å². The number of hydrogen-bond acceptors (Lipinski definition) is 2. The van der Waals surface area contributed by atoms with Gasteiger partial charge in [0.15, 0.2) is 0 Å². The van der Waals surface area contributed by atoms with E-state index in [-0.39, 0.29) is 24.1 Å². The van der Waals surface area contributed by atoms with Crippen LogP contribution in [0.4, 0.5) is 10.2 Å². The molecule has 1 aliphatic rings. The Kier molecular flexibility index (Phi) is 3.12. The average molecular weight is 338 g/mol. The first-order chi connectivity index (χ1) is 9.47. The van der Waals surface area contributed by atoms with Crippen LogP contribution in [0.2, 0.25) is 0 Å². The number of benzene rings is 1. The number of fused-ring (bicyclic) bond motifs is 1. The predicted molar refractivity (Wildman–Crippen MR) is 77.1 cm³/mol. The van der Waals surface area contributed by atoms with Crippen molar-refractivity contribution in [1.29, 1.82) is 0 Å². The number of carbonyl (C=O) groups is 1. The Morgan fingerprint density at radius 2 is 2.25 bits per heavy atom. The number of rotatable bonds is 1. The molecule has 4 nitrogen and oxygen atoms in total. The van der Waals surface area contributed by atoms with Crippen molar-refractivity contribution in [1.82, 2.24) is 9.78 Å². The molecule has 1 aromatic heterocycles. The van der Waals surface area contributed by atoms with Crippen molar-refractivity contribution in [3.8, 4) is 0 Å². The molecule has 6 heteroatoms. The minimum Gasteiger partial charge on any atom is -0.311 e. The van der Waals surface area contributed by atoms with Crippen molar-refractivity contribution >= 4 is 27.7 Å². The molecule has 1 atom stereocenters. The highest BCUT2D eigenvalue weighted by atomic mass is 79.9. The number of nitrogens with one attached hydrogen (secondary N) is 1. The Balaban J connectivity index is 2.20. The molecular weight excluding hydrogens is 325 g/mol. The summed E-state index contributed by atoms with van der Waals surface area (Å²) in [6.07, 6.45) is 0.229. The largest absolute Gasteiger partial charge is 0.311 e. The van der Waals surface area contributed by atoms with E-state index in [1.165, 1.54) is 6.07 Å². The lowest BCUT2D eigenvalue weighted by atomic mass is 9.85. The van der Waals surface area contributed by atoms with Gasteiger partial charge in [0.25, 0.3) is 0 Å². The van der Waals surface area contributed by atoms with E-state index in [1.54, 1.807) is 23.9 Å². The monoisotopic (exact) mass is 337 g/mol. The molecule has 2 aromatic rings. The topological polar surface area (TPSA) is 46.9 Å². The number of nitrogens with zero attached hydrogens (tertiary/aromatic N) is 2. The maximum atomic E-state index is 14.1. The summed E-state index contributed by atoms with van der Waals surface area (Å²) in [5.41, 5.74) is 2.22. The van der Waals surface area contributed by atoms with Crippen LogP contribution in [0.25, 0.3) is 0 Å². The normalized spacial score (nSPS) is 17.8. The van der Waals surface area contributed by atoms with Gasteiger partial charge in [-0.1, -0.05) is 15.9 Å². The van der Waals surface area contributed by atoms with Gasteiger partial charge < -0.3 is 5.32 Å². The Morgan fingerprint density at radius 1 is 1.50 bits per heavy atom. The zero-order valence-electron chi connectivity index (χ0n) is 11.1. The van der Waals surface area contributed by atoms with Gasteiger partial charge in [-0.25, -0.2) is 4.39 Å². The van der Waals surface area contributed by atoms with Gasteiger partial charge >= 0.3 is 0 Å². The van der Waals surface area contributed by atoms with E-state index in [2.05, 4.69) is 26.3 Å². The summed E-state index contributed by atoms with van der Waals surface area (Å²) in [6, 6.07) is 4.80. The third-order valence-corrected chi connectivity index (χ3v) is 4.09. The predicted octanol–water partition coefficient (Wildman–Crippen LogP) is 3.10. The number of aromatic nitrogens is 2. The van der Waals surface area contributed by atoms with Crippen LogP contribution in [0.5, 0.6) is 0 Å². The second-order valence-corrected chi connectivity index (χ2v) is 5.86. The zero-order chi connectivity index (χ0) is 14.4. The minimum absolute atomic E-state index is 0.120. The van der Waals surface area contributed by atoms with Crippen LogP contribution in [0.3, 0.4) is 0 Å². The fourth-order valence-corrected chi connectivity index (χ4v) is 3.14. The molecule has 1 aromatic carbocycles. The SMILES string of the molecule is Cc1nn(C)c2c1C(c1cc(Br)ccc1F)CC(=O)N2. The molecule has 0 fully saturated rings. The molecule has 20 heavy (non-hydrogen) atoms. The summed E-state index contributed by atoms with van der Waals surface area (Å²) < 4.78 is 16.6. The van der Waals surface area contributed by atoms with Crippen molar-refractivity contribution in [3.63, 3.8) is 0 Å². The van der Waals surface area contributed by atoms with Crippen LogP contribution < -0.4 is 5.32 Å². The molecule has 1 amide bonds. The first-order valence-electron chi connectivity index (χ1n) is 6.25. The molecule has 1 aliphatic heterocycles. The second-order valence-electron chi connectivity index (χ2n) is 4.94. The summed E-state index contributed by atoms with van der Waals surface area (Å²) in [5, 5.41) is 7.13. The van der Waals surface area contributed by atoms with E-state index in [9.17, 15) is 9.18 Å². The molecule has 1 unspecified atom stereocenters. The number of carbonyl (C=O) groups excluding carboxylic acids is 1. The van der Waals surface area contributed by atoms with Gasteiger partial charge in [0, 0.05) is 29.4 Å². The Hall–Kier alpha value is -1.69. The second kappa shape index (κ2) is 4.70. The van der Waals surface area contributed by atoms with Crippen LogP contribution in [0.15, 0.2) is 22.7 Å². The summed E-state index contributed by atoms with van der Waals surface area (Å²) >= 11 is 3.35. The summed E-state index contributed by atoms with van der Waals surface area (Å²) in [7, 11) is 1.77. The van der Waals surface area contributed by atoms with Crippen LogP contribution in [0.1, 0.15) is 29.2 Å². The molecule has 3 rings (SSSR count). The highest BCUT2D eigenvalue weighted by Gasteiger charge is 2.33. The van der Waals surface area contributed by atoms with Gasteiger partial charge in [-0.05, 0) is 30.7 Å². The lowest BCUT2D eigenvalue weighted by Gasteiger charge is -2.24. The minimum atomic E-state index is -0.304. The lowest BCUT2D eigenvalue weighted by Crippen LogP contribution is -2.25. The van der Waals surface area contributed by atoms with Crippen molar-refractivity contribution < 1.29 is 9.18 Å². The molecule has 1 N–H and O–H groups in total. The molecule has 0 saturated carbocycles. The van der Waals surface area contributed by atoms with Gasteiger partial charge in [0.05, 0.1) is 5.69 Å². The highest BCUT2D eigenvalue weighted by Crippen LogP contribution is 2.40. The molecule has 104 valence electrons. The van der Waals surface area contributed by atoms with Gasteiger partial charge in [-0.2, -0.15) is 5.10 Å². The maximum absolute atomic E-state index is 14.1. The number of amides is 1. The van der Waals surface area contributed by atoms with E-state index in [0.717, 1.165) is 15.7 Å². The van der Waals surface area contributed by atoms with Crippen molar-refractivity contribution in [2.45, 2.75) is 19.3 Å². The molecular formula is C14H13BrFN3O. The first-order valence-corrected chi connectivity index (χ1v) is 7.05. The molecule has 0 spiro atoms. The quantitative estimate of drug-likeness (QED) is 0.869. The van der Waals surface area contributed by atoms with Crippen molar-refractivity contribution in [2.75, 3.05) is 5.32 Å². The Bertz CT molecular complexity index is 711. The van der Waals surface area contributed by atoms with Gasteiger partial charge in [0.1, 0.15) is 11.6 Å². The Morgan fingerprint density at radius 3 is 3.00 bits per heavy atom. The smallest absolute Gasteiger partial charge is 0.226 e. The summed E-state index contributed by atoms with van der Waals surface area (Å²) in [5.74, 6) is -0.0694. The van der Waals surface area contributed by atoms with Gasteiger partial charge in [-0.15, -0.1) is 0 Å². The fourth-order valence-electron chi connectivity index (χ4n) is 2.76. The fraction of sp³-hybridized carbons (Fsp3) is 0.286. The third-order valence-electron chi connectivity index (χ3n) is 3.60. The standard InChI is InChI=1S/C14H13BrFN3O/c1-7-13-10(9-5-8(15)3-4-11(9)16)6-12(20)17-14(13)19(2)18-7/h3-5,10H,6H2,1-2H3,(H,17,20).